The SMILES string of the molecule is CCC(=O)N(CCN1CCOCC1)Cc1ccc2c(c1)OCO2. The van der Waals surface area contributed by atoms with Crippen molar-refractivity contribution in [2.24, 2.45) is 0 Å². The Balaban J connectivity index is 1.60. The van der Waals surface area contributed by atoms with E-state index in [4.69, 9.17) is 14.2 Å². The molecule has 0 aliphatic carbocycles. The fourth-order valence-corrected chi connectivity index (χ4v) is 2.86. The van der Waals surface area contributed by atoms with Crippen LogP contribution in [0.3, 0.4) is 0 Å². The molecule has 23 heavy (non-hydrogen) atoms. The van der Waals surface area contributed by atoms with Gasteiger partial charge in [0.05, 0.1) is 13.2 Å². The fraction of sp³-hybridized carbons (Fsp3) is 0.588. The fourth-order valence-electron chi connectivity index (χ4n) is 2.86. The van der Waals surface area contributed by atoms with Crippen molar-refractivity contribution < 1.29 is 19.0 Å². The van der Waals surface area contributed by atoms with E-state index in [1.54, 1.807) is 0 Å². The van der Waals surface area contributed by atoms with Gasteiger partial charge in [-0.1, -0.05) is 13.0 Å². The Labute approximate surface area is 136 Å². The minimum absolute atomic E-state index is 0.177. The highest BCUT2D eigenvalue weighted by Crippen LogP contribution is 2.32. The summed E-state index contributed by atoms with van der Waals surface area (Å²) < 4.78 is 16.1. The standard InChI is InChI=1S/C17H24N2O4/c1-2-17(20)19(6-5-18-7-9-21-10-8-18)12-14-3-4-15-16(11-14)23-13-22-15/h3-4,11H,2,5-10,12-13H2,1H3. The molecule has 126 valence electrons. The van der Waals surface area contributed by atoms with E-state index in [1.165, 1.54) is 0 Å². The van der Waals surface area contributed by atoms with Gasteiger partial charge in [0.1, 0.15) is 0 Å². The number of hydrogen-bond donors (Lipinski definition) is 0. The predicted molar refractivity (Wildman–Crippen MR) is 85.5 cm³/mol. The van der Waals surface area contributed by atoms with Gasteiger partial charge in [0.25, 0.3) is 0 Å². The number of carbonyl (C=O) groups is 1. The maximum Gasteiger partial charge on any atom is 0.231 e. The van der Waals surface area contributed by atoms with Gasteiger partial charge in [-0.05, 0) is 17.7 Å². The number of amides is 1. The number of fused-ring (bicyclic) bond motifs is 1. The molecule has 1 aromatic carbocycles. The van der Waals surface area contributed by atoms with Crippen LogP contribution >= 0.6 is 0 Å². The van der Waals surface area contributed by atoms with Gasteiger partial charge < -0.3 is 19.1 Å². The average molecular weight is 320 g/mol. The van der Waals surface area contributed by atoms with Crippen LogP contribution in [0.1, 0.15) is 18.9 Å². The highest BCUT2D eigenvalue weighted by atomic mass is 16.7. The molecule has 1 aromatic rings. The van der Waals surface area contributed by atoms with E-state index in [-0.39, 0.29) is 12.7 Å². The first-order valence-corrected chi connectivity index (χ1v) is 8.22. The molecule has 1 saturated heterocycles. The van der Waals surface area contributed by atoms with Crippen molar-refractivity contribution in [1.82, 2.24) is 9.80 Å². The summed E-state index contributed by atoms with van der Waals surface area (Å²) in [4.78, 5) is 16.5. The molecule has 0 saturated carbocycles. The van der Waals surface area contributed by atoms with Crippen LogP contribution in [0, 0.1) is 0 Å². The minimum atomic E-state index is 0.177. The summed E-state index contributed by atoms with van der Waals surface area (Å²) >= 11 is 0. The zero-order chi connectivity index (χ0) is 16.1. The lowest BCUT2D eigenvalue weighted by atomic mass is 10.2. The van der Waals surface area contributed by atoms with Crippen LogP contribution in [-0.2, 0) is 16.1 Å². The Kier molecular flexibility index (Phi) is 5.35. The largest absolute Gasteiger partial charge is 0.454 e. The first kappa shape index (κ1) is 16.1. The molecule has 0 unspecified atom stereocenters. The molecule has 3 rings (SSSR count). The Morgan fingerprint density at radius 1 is 1.22 bits per heavy atom. The van der Waals surface area contributed by atoms with E-state index in [0.717, 1.165) is 56.5 Å². The smallest absolute Gasteiger partial charge is 0.231 e. The number of hydrogen-bond acceptors (Lipinski definition) is 5. The lowest BCUT2D eigenvalue weighted by Gasteiger charge is -2.30. The second-order valence-electron chi connectivity index (χ2n) is 5.81. The highest BCUT2D eigenvalue weighted by molar-refractivity contribution is 5.75. The lowest BCUT2D eigenvalue weighted by molar-refractivity contribution is -0.131. The zero-order valence-corrected chi connectivity index (χ0v) is 13.6. The molecular weight excluding hydrogens is 296 g/mol. The number of carbonyl (C=O) groups excluding carboxylic acids is 1. The van der Waals surface area contributed by atoms with Crippen LogP contribution in [0.2, 0.25) is 0 Å². The van der Waals surface area contributed by atoms with Gasteiger partial charge in [0.15, 0.2) is 11.5 Å². The molecule has 1 fully saturated rings. The first-order valence-electron chi connectivity index (χ1n) is 8.22. The van der Waals surface area contributed by atoms with E-state index in [2.05, 4.69) is 4.90 Å². The van der Waals surface area contributed by atoms with E-state index < -0.39 is 0 Å². The van der Waals surface area contributed by atoms with E-state index >= 15 is 0 Å². The minimum Gasteiger partial charge on any atom is -0.454 e. The molecule has 0 spiro atoms. The molecule has 1 amide bonds. The molecule has 0 N–H and O–H groups in total. The lowest BCUT2D eigenvalue weighted by Crippen LogP contribution is -2.42. The second kappa shape index (κ2) is 7.66. The normalized spacial score (nSPS) is 17.3. The predicted octanol–water partition coefficient (Wildman–Crippen LogP) is 1.49. The molecular formula is C17H24N2O4. The number of rotatable bonds is 6. The number of nitrogens with zero attached hydrogens (tertiary/aromatic N) is 2. The van der Waals surface area contributed by atoms with Crippen molar-refractivity contribution in [3.8, 4) is 11.5 Å². The Hall–Kier alpha value is -1.79. The van der Waals surface area contributed by atoms with Crippen molar-refractivity contribution >= 4 is 5.91 Å². The maximum atomic E-state index is 12.2. The topological polar surface area (TPSA) is 51.2 Å². The highest BCUT2D eigenvalue weighted by Gasteiger charge is 2.18. The van der Waals surface area contributed by atoms with Gasteiger partial charge in [-0.25, -0.2) is 0 Å². The Morgan fingerprint density at radius 2 is 2.00 bits per heavy atom. The van der Waals surface area contributed by atoms with Crippen molar-refractivity contribution in [3.05, 3.63) is 23.8 Å². The summed E-state index contributed by atoms with van der Waals surface area (Å²) in [5.74, 6) is 1.71. The van der Waals surface area contributed by atoms with Crippen LogP contribution < -0.4 is 9.47 Å². The van der Waals surface area contributed by atoms with E-state index in [0.29, 0.717) is 13.0 Å². The van der Waals surface area contributed by atoms with Gasteiger partial charge in [-0.2, -0.15) is 0 Å². The summed E-state index contributed by atoms with van der Waals surface area (Å²) in [5, 5.41) is 0. The molecule has 0 aromatic heterocycles. The first-order chi connectivity index (χ1) is 11.3. The third kappa shape index (κ3) is 4.14. The third-order valence-corrected chi connectivity index (χ3v) is 4.26. The van der Waals surface area contributed by atoms with Crippen LogP contribution in [0.25, 0.3) is 0 Å². The molecule has 2 aliphatic rings. The van der Waals surface area contributed by atoms with Crippen molar-refractivity contribution in [3.63, 3.8) is 0 Å². The molecule has 0 atom stereocenters. The summed E-state index contributed by atoms with van der Waals surface area (Å²) in [6.45, 7) is 7.86. The molecule has 6 heteroatoms. The average Bonchev–Trinajstić information content (AvgIpc) is 3.06. The van der Waals surface area contributed by atoms with Crippen molar-refractivity contribution in [2.75, 3.05) is 46.2 Å². The number of morpholine rings is 1. The molecule has 0 radical (unpaired) electrons. The van der Waals surface area contributed by atoms with Crippen LogP contribution in [0.4, 0.5) is 0 Å². The van der Waals surface area contributed by atoms with Crippen molar-refractivity contribution in [2.45, 2.75) is 19.9 Å². The Morgan fingerprint density at radius 3 is 2.78 bits per heavy atom. The van der Waals surface area contributed by atoms with Gasteiger partial charge in [0, 0.05) is 39.1 Å². The number of benzene rings is 1. The second-order valence-corrected chi connectivity index (χ2v) is 5.81. The number of ether oxygens (including phenoxy) is 3. The van der Waals surface area contributed by atoms with Crippen LogP contribution in [-0.4, -0.2) is 61.9 Å². The van der Waals surface area contributed by atoms with Gasteiger partial charge in [-0.3, -0.25) is 9.69 Å². The quantitative estimate of drug-likeness (QED) is 0.795. The molecule has 2 aliphatic heterocycles. The molecule has 2 heterocycles. The van der Waals surface area contributed by atoms with Gasteiger partial charge >= 0.3 is 0 Å². The van der Waals surface area contributed by atoms with E-state index in [9.17, 15) is 4.79 Å². The summed E-state index contributed by atoms with van der Waals surface area (Å²) in [5.41, 5.74) is 1.07. The Bertz CT molecular complexity index is 543. The zero-order valence-electron chi connectivity index (χ0n) is 13.6. The maximum absolute atomic E-state index is 12.2. The molecule has 6 nitrogen and oxygen atoms in total. The summed E-state index contributed by atoms with van der Waals surface area (Å²) in [6, 6.07) is 5.87. The molecule has 0 bridgehead atoms. The summed E-state index contributed by atoms with van der Waals surface area (Å²) in [7, 11) is 0. The van der Waals surface area contributed by atoms with E-state index in [1.807, 2.05) is 30.0 Å². The monoisotopic (exact) mass is 320 g/mol. The van der Waals surface area contributed by atoms with Gasteiger partial charge in [0.2, 0.25) is 12.7 Å². The van der Waals surface area contributed by atoms with Crippen molar-refractivity contribution in [1.29, 1.82) is 0 Å². The van der Waals surface area contributed by atoms with Crippen LogP contribution in [0.15, 0.2) is 18.2 Å². The third-order valence-electron chi connectivity index (χ3n) is 4.26. The summed E-state index contributed by atoms with van der Waals surface area (Å²) in [6.07, 6.45) is 0.521. The van der Waals surface area contributed by atoms with Crippen LogP contribution in [0.5, 0.6) is 11.5 Å². The van der Waals surface area contributed by atoms with Gasteiger partial charge in [-0.15, -0.1) is 0 Å².